The molecule has 2 aromatic rings. The highest BCUT2D eigenvalue weighted by Crippen LogP contribution is 2.42. The van der Waals surface area contributed by atoms with E-state index in [0.717, 1.165) is 0 Å². The predicted octanol–water partition coefficient (Wildman–Crippen LogP) is 2.65. The molecule has 18 heavy (non-hydrogen) atoms. The normalized spacial score (nSPS) is 12.3. The van der Waals surface area contributed by atoms with E-state index in [0.29, 0.717) is 14.1 Å². The van der Waals surface area contributed by atoms with Crippen LogP contribution >= 0.6 is 23.1 Å². The molecule has 0 aromatic carbocycles. The van der Waals surface area contributed by atoms with Crippen LogP contribution in [0.15, 0.2) is 33.9 Å². The van der Waals surface area contributed by atoms with Crippen molar-refractivity contribution in [2.45, 2.75) is 22.3 Å². The van der Waals surface area contributed by atoms with Gasteiger partial charge in [0, 0.05) is 23.3 Å². The molecule has 0 bridgehead atoms. The van der Waals surface area contributed by atoms with Crippen LogP contribution in [-0.4, -0.2) is 20.0 Å². The summed E-state index contributed by atoms with van der Waals surface area (Å²) in [5.41, 5.74) is -0.00782. The van der Waals surface area contributed by atoms with Crippen molar-refractivity contribution in [3.8, 4) is 0 Å². The van der Waals surface area contributed by atoms with Gasteiger partial charge in [-0.2, -0.15) is 0 Å². The third-order valence-electron chi connectivity index (χ3n) is 2.04. The van der Waals surface area contributed by atoms with Crippen LogP contribution in [0, 0.1) is 10.1 Å². The standard InChI is InChI=1S/C10H9N3O3S2/c1-6(14)8-4-7(13(15)16)10(17-8)18-9-5-11-2-3-12-9/h2-6,14H,1H3/t6-/m1/s1. The van der Waals surface area contributed by atoms with Gasteiger partial charge in [-0.3, -0.25) is 15.1 Å². The molecule has 2 heterocycles. The Morgan fingerprint density at radius 3 is 2.89 bits per heavy atom. The van der Waals surface area contributed by atoms with Gasteiger partial charge in [-0.25, -0.2) is 4.98 Å². The summed E-state index contributed by atoms with van der Waals surface area (Å²) in [4.78, 5) is 19.0. The van der Waals surface area contributed by atoms with Crippen molar-refractivity contribution in [2.24, 2.45) is 0 Å². The molecule has 94 valence electrons. The quantitative estimate of drug-likeness (QED) is 0.685. The van der Waals surface area contributed by atoms with Gasteiger partial charge in [0.05, 0.1) is 17.2 Å². The van der Waals surface area contributed by atoms with E-state index in [4.69, 9.17) is 0 Å². The summed E-state index contributed by atoms with van der Waals surface area (Å²) >= 11 is 2.37. The molecule has 0 amide bonds. The summed E-state index contributed by atoms with van der Waals surface area (Å²) in [6.07, 6.45) is 3.88. The lowest BCUT2D eigenvalue weighted by Gasteiger charge is -1.97. The molecule has 2 aromatic heterocycles. The lowest BCUT2D eigenvalue weighted by atomic mass is 10.3. The van der Waals surface area contributed by atoms with Crippen molar-refractivity contribution in [3.05, 3.63) is 39.6 Å². The van der Waals surface area contributed by atoms with Crippen molar-refractivity contribution >= 4 is 28.8 Å². The Morgan fingerprint density at radius 2 is 2.33 bits per heavy atom. The smallest absolute Gasteiger partial charge is 0.294 e. The average Bonchev–Trinajstić information content (AvgIpc) is 2.74. The van der Waals surface area contributed by atoms with Crippen LogP contribution < -0.4 is 0 Å². The van der Waals surface area contributed by atoms with E-state index in [1.165, 1.54) is 47.8 Å². The lowest BCUT2D eigenvalue weighted by Crippen LogP contribution is -1.88. The van der Waals surface area contributed by atoms with Gasteiger partial charge in [-0.1, -0.05) is 11.8 Å². The average molecular weight is 283 g/mol. The van der Waals surface area contributed by atoms with Crippen molar-refractivity contribution < 1.29 is 10.0 Å². The minimum atomic E-state index is -0.718. The van der Waals surface area contributed by atoms with E-state index in [2.05, 4.69) is 9.97 Å². The highest BCUT2D eigenvalue weighted by molar-refractivity contribution is 8.01. The number of aliphatic hydroxyl groups is 1. The molecular formula is C10H9N3O3S2. The fourth-order valence-corrected chi connectivity index (χ4v) is 3.38. The Kier molecular flexibility index (Phi) is 3.90. The zero-order valence-corrected chi connectivity index (χ0v) is 10.9. The molecule has 8 heteroatoms. The van der Waals surface area contributed by atoms with E-state index >= 15 is 0 Å². The number of nitrogens with zero attached hydrogens (tertiary/aromatic N) is 3. The molecule has 0 spiro atoms. The Morgan fingerprint density at radius 1 is 1.56 bits per heavy atom. The largest absolute Gasteiger partial charge is 0.388 e. The monoisotopic (exact) mass is 283 g/mol. The van der Waals surface area contributed by atoms with Gasteiger partial charge in [0.1, 0.15) is 9.24 Å². The molecule has 1 N–H and O–H groups in total. The second-order valence-electron chi connectivity index (χ2n) is 3.40. The topological polar surface area (TPSA) is 89.2 Å². The minimum Gasteiger partial charge on any atom is -0.388 e. The number of aromatic nitrogens is 2. The molecule has 0 radical (unpaired) electrons. The van der Waals surface area contributed by atoms with E-state index in [1.807, 2.05) is 0 Å². The maximum atomic E-state index is 10.9. The molecule has 6 nitrogen and oxygen atoms in total. The van der Waals surface area contributed by atoms with Crippen LogP contribution in [0.5, 0.6) is 0 Å². The van der Waals surface area contributed by atoms with Crippen LogP contribution in [0.1, 0.15) is 17.9 Å². The first-order valence-corrected chi connectivity index (χ1v) is 6.61. The van der Waals surface area contributed by atoms with Crippen LogP contribution in [0.3, 0.4) is 0 Å². The molecule has 0 aliphatic rings. The van der Waals surface area contributed by atoms with Gasteiger partial charge < -0.3 is 5.11 Å². The number of rotatable bonds is 4. The summed E-state index contributed by atoms with van der Waals surface area (Å²) in [6.45, 7) is 1.58. The van der Waals surface area contributed by atoms with E-state index in [9.17, 15) is 15.2 Å². The first kappa shape index (κ1) is 12.9. The summed E-state index contributed by atoms with van der Waals surface area (Å²) in [7, 11) is 0. The summed E-state index contributed by atoms with van der Waals surface area (Å²) in [6, 6.07) is 1.40. The zero-order valence-electron chi connectivity index (χ0n) is 9.31. The number of aliphatic hydroxyl groups excluding tert-OH is 1. The van der Waals surface area contributed by atoms with Gasteiger partial charge in [-0.05, 0) is 6.92 Å². The first-order valence-electron chi connectivity index (χ1n) is 4.98. The molecular weight excluding hydrogens is 274 g/mol. The van der Waals surface area contributed by atoms with Gasteiger partial charge >= 0.3 is 0 Å². The minimum absolute atomic E-state index is 0.00782. The molecule has 0 aliphatic heterocycles. The van der Waals surface area contributed by atoms with Gasteiger partial charge in [0.25, 0.3) is 5.69 Å². The number of nitro groups is 1. The molecule has 0 fully saturated rings. The predicted molar refractivity (Wildman–Crippen MR) is 67.8 cm³/mol. The highest BCUT2D eigenvalue weighted by atomic mass is 32.2. The summed E-state index contributed by atoms with van der Waals surface area (Å²) in [5, 5.41) is 21.0. The molecule has 1 atom stereocenters. The van der Waals surface area contributed by atoms with Crippen molar-refractivity contribution in [3.63, 3.8) is 0 Å². The Hall–Kier alpha value is -1.51. The van der Waals surface area contributed by atoms with E-state index in [-0.39, 0.29) is 5.69 Å². The number of hydrogen-bond donors (Lipinski definition) is 1. The van der Waals surface area contributed by atoms with Crippen molar-refractivity contribution in [1.29, 1.82) is 0 Å². The second kappa shape index (κ2) is 5.42. The highest BCUT2D eigenvalue weighted by Gasteiger charge is 2.22. The fraction of sp³-hybridized carbons (Fsp3) is 0.200. The van der Waals surface area contributed by atoms with Crippen LogP contribution in [0.25, 0.3) is 0 Å². The molecule has 0 aliphatic carbocycles. The molecule has 0 saturated heterocycles. The van der Waals surface area contributed by atoms with Crippen molar-refractivity contribution in [2.75, 3.05) is 0 Å². The SMILES string of the molecule is C[C@@H](O)c1cc([N+](=O)[O-])c(Sc2cnccn2)s1. The fourth-order valence-electron chi connectivity index (χ4n) is 1.22. The van der Waals surface area contributed by atoms with Crippen LogP contribution in [0.2, 0.25) is 0 Å². The van der Waals surface area contributed by atoms with Gasteiger partial charge in [-0.15, -0.1) is 11.3 Å². The Labute approximate surface area is 111 Å². The third-order valence-corrected chi connectivity index (χ3v) is 4.45. The van der Waals surface area contributed by atoms with Crippen molar-refractivity contribution in [1.82, 2.24) is 9.97 Å². The number of thiophene rings is 1. The Balaban J connectivity index is 2.34. The lowest BCUT2D eigenvalue weighted by molar-refractivity contribution is -0.387. The summed E-state index contributed by atoms with van der Waals surface area (Å²) < 4.78 is 0.497. The van der Waals surface area contributed by atoms with Crippen LogP contribution in [-0.2, 0) is 0 Å². The Bertz CT molecular complexity index is 557. The van der Waals surface area contributed by atoms with Gasteiger partial charge in [0.2, 0.25) is 0 Å². The maximum Gasteiger partial charge on any atom is 0.294 e. The molecule has 0 saturated carbocycles. The first-order chi connectivity index (χ1) is 8.58. The van der Waals surface area contributed by atoms with Crippen LogP contribution in [0.4, 0.5) is 5.69 Å². The van der Waals surface area contributed by atoms with E-state index < -0.39 is 11.0 Å². The second-order valence-corrected chi connectivity index (χ2v) is 5.77. The third kappa shape index (κ3) is 2.84. The molecule has 0 unspecified atom stereocenters. The van der Waals surface area contributed by atoms with Gasteiger partial charge in [0.15, 0.2) is 0 Å². The maximum absolute atomic E-state index is 10.9. The number of hydrogen-bond acceptors (Lipinski definition) is 7. The van der Waals surface area contributed by atoms with E-state index in [1.54, 1.807) is 6.92 Å². The summed E-state index contributed by atoms with van der Waals surface area (Å²) in [5.74, 6) is 0. The zero-order chi connectivity index (χ0) is 13.1. The molecule has 2 rings (SSSR count).